The highest BCUT2D eigenvalue weighted by molar-refractivity contribution is 7.13. The second kappa shape index (κ2) is 6.87. The molecule has 1 unspecified atom stereocenters. The van der Waals surface area contributed by atoms with E-state index < -0.39 is 0 Å². The summed E-state index contributed by atoms with van der Waals surface area (Å²) in [5.41, 5.74) is 0.820. The summed E-state index contributed by atoms with van der Waals surface area (Å²) in [6, 6.07) is 6.81. The molecule has 1 atom stereocenters. The molecule has 0 bridgehead atoms. The molecular weight excluding hydrogens is 352 g/mol. The molecule has 2 aliphatic rings. The van der Waals surface area contributed by atoms with Crippen molar-refractivity contribution >= 4 is 34.2 Å². The largest absolute Gasteiger partial charge is 0.351 e. The van der Waals surface area contributed by atoms with Crippen LogP contribution in [0.4, 0.5) is 5.13 Å². The van der Waals surface area contributed by atoms with Crippen LogP contribution in [0.25, 0.3) is 0 Å². The third-order valence-electron chi connectivity index (χ3n) is 4.68. The molecule has 26 heavy (non-hydrogen) atoms. The number of carbonyl (C=O) groups is 3. The Morgan fingerprint density at radius 1 is 1.23 bits per heavy atom. The SMILES string of the molecule is O=C(CCN1C(=O)c2ccccc2C1=O)NC1CCN(c2nccs2)C1. The molecule has 7 nitrogen and oxygen atoms in total. The van der Waals surface area contributed by atoms with Gasteiger partial charge in [0.15, 0.2) is 5.13 Å². The number of fused-ring (bicyclic) bond motifs is 1. The van der Waals surface area contributed by atoms with Crippen molar-refractivity contribution in [3.8, 4) is 0 Å². The number of nitrogens with one attached hydrogen (secondary N) is 1. The molecule has 0 aliphatic carbocycles. The lowest BCUT2D eigenvalue weighted by Gasteiger charge is -2.17. The van der Waals surface area contributed by atoms with Crippen molar-refractivity contribution in [1.82, 2.24) is 15.2 Å². The zero-order chi connectivity index (χ0) is 18.1. The van der Waals surface area contributed by atoms with Gasteiger partial charge in [-0.2, -0.15) is 0 Å². The summed E-state index contributed by atoms with van der Waals surface area (Å²) in [5, 5.41) is 5.89. The van der Waals surface area contributed by atoms with E-state index in [-0.39, 0.29) is 36.7 Å². The Bertz CT molecular complexity index is 817. The van der Waals surface area contributed by atoms with Crippen molar-refractivity contribution in [3.63, 3.8) is 0 Å². The third kappa shape index (κ3) is 3.08. The molecule has 134 valence electrons. The van der Waals surface area contributed by atoms with Gasteiger partial charge in [-0.05, 0) is 18.6 Å². The average Bonchev–Trinajstić information content (AvgIpc) is 3.36. The first kappa shape index (κ1) is 16.7. The Morgan fingerprint density at radius 3 is 2.62 bits per heavy atom. The van der Waals surface area contributed by atoms with Crippen LogP contribution in [0.15, 0.2) is 35.8 Å². The van der Waals surface area contributed by atoms with Crippen molar-refractivity contribution < 1.29 is 14.4 Å². The van der Waals surface area contributed by atoms with Crippen molar-refractivity contribution in [1.29, 1.82) is 0 Å². The van der Waals surface area contributed by atoms with E-state index in [4.69, 9.17) is 0 Å². The Labute approximate surface area is 154 Å². The number of hydrogen-bond donors (Lipinski definition) is 1. The first-order valence-corrected chi connectivity index (χ1v) is 9.40. The van der Waals surface area contributed by atoms with E-state index in [2.05, 4.69) is 15.2 Å². The Morgan fingerprint density at radius 2 is 1.96 bits per heavy atom. The van der Waals surface area contributed by atoms with Crippen LogP contribution in [0.5, 0.6) is 0 Å². The molecule has 1 saturated heterocycles. The number of aromatic nitrogens is 1. The molecule has 2 aromatic rings. The highest BCUT2D eigenvalue weighted by Gasteiger charge is 2.35. The summed E-state index contributed by atoms with van der Waals surface area (Å²) in [7, 11) is 0. The maximum Gasteiger partial charge on any atom is 0.261 e. The predicted molar refractivity (Wildman–Crippen MR) is 97.3 cm³/mol. The Kier molecular flexibility index (Phi) is 4.42. The standard InChI is InChI=1S/C18H18N4O3S/c23-15(20-12-5-8-21(11-12)18-19-7-10-26-18)6-9-22-16(24)13-3-1-2-4-14(13)17(22)25/h1-4,7,10,12H,5-6,8-9,11H2,(H,20,23). The number of hydrogen-bond acceptors (Lipinski definition) is 6. The second-order valence-corrected chi connectivity index (χ2v) is 7.24. The number of carbonyl (C=O) groups excluding carboxylic acids is 3. The quantitative estimate of drug-likeness (QED) is 0.807. The summed E-state index contributed by atoms with van der Waals surface area (Å²) in [6.45, 7) is 1.68. The highest BCUT2D eigenvalue weighted by atomic mass is 32.1. The third-order valence-corrected chi connectivity index (χ3v) is 5.52. The number of thiazole rings is 1. The monoisotopic (exact) mass is 370 g/mol. The van der Waals surface area contributed by atoms with Gasteiger partial charge in [0.2, 0.25) is 5.91 Å². The summed E-state index contributed by atoms with van der Waals surface area (Å²) in [5.74, 6) is -0.795. The lowest BCUT2D eigenvalue weighted by Crippen LogP contribution is -2.39. The number of benzene rings is 1. The van der Waals surface area contributed by atoms with E-state index in [0.29, 0.717) is 11.1 Å². The molecule has 0 radical (unpaired) electrons. The minimum Gasteiger partial charge on any atom is -0.351 e. The average molecular weight is 370 g/mol. The number of imide groups is 1. The van der Waals surface area contributed by atoms with Gasteiger partial charge >= 0.3 is 0 Å². The predicted octanol–water partition coefficient (Wildman–Crippen LogP) is 1.52. The number of amides is 3. The maximum absolute atomic E-state index is 12.3. The highest BCUT2D eigenvalue weighted by Crippen LogP contribution is 2.23. The van der Waals surface area contributed by atoms with Crippen molar-refractivity contribution in [3.05, 3.63) is 47.0 Å². The van der Waals surface area contributed by atoms with Gasteiger partial charge in [-0.1, -0.05) is 12.1 Å². The lowest BCUT2D eigenvalue weighted by molar-refractivity contribution is -0.121. The zero-order valence-corrected chi connectivity index (χ0v) is 14.9. The number of anilines is 1. The van der Waals surface area contributed by atoms with Gasteiger partial charge in [-0.3, -0.25) is 19.3 Å². The fourth-order valence-electron chi connectivity index (χ4n) is 3.38. The lowest BCUT2D eigenvalue weighted by atomic mass is 10.1. The maximum atomic E-state index is 12.3. The van der Waals surface area contributed by atoms with Crippen LogP contribution in [0.1, 0.15) is 33.6 Å². The molecule has 0 saturated carbocycles. The minimum absolute atomic E-state index is 0.0635. The van der Waals surface area contributed by atoms with Gasteiger partial charge in [0.1, 0.15) is 0 Å². The van der Waals surface area contributed by atoms with Crippen molar-refractivity contribution in [2.45, 2.75) is 18.9 Å². The van der Waals surface area contributed by atoms with E-state index in [1.165, 1.54) is 0 Å². The summed E-state index contributed by atoms with van der Waals surface area (Å²) >= 11 is 1.58. The first-order chi connectivity index (χ1) is 12.6. The van der Waals surface area contributed by atoms with Crippen LogP contribution in [0.2, 0.25) is 0 Å². The van der Waals surface area contributed by atoms with Gasteiger partial charge < -0.3 is 10.2 Å². The van der Waals surface area contributed by atoms with E-state index in [1.807, 2.05) is 5.38 Å². The fourth-order valence-corrected chi connectivity index (χ4v) is 4.06. The van der Waals surface area contributed by atoms with Gasteiger partial charge in [0.05, 0.1) is 11.1 Å². The normalized spacial score (nSPS) is 19.2. The molecule has 8 heteroatoms. The fraction of sp³-hybridized carbons (Fsp3) is 0.333. The molecular formula is C18H18N4O3S. The van der Waals surface area contributed by atoms with Crippen LogP contribution >= 0.6 is 11.3 Å². The molecule has 3 amide bonds. The van der Waals surface area contributed by atoms with Crippen LogP contribution < -0.4 is 10.2 Å². The number of nitrogens with zero attached hydrogens (tertiary/aromatic N) is 3. The first-order valence-electron chi connectivity index (χ1n) is 8.52. The molecule has 2 aliphatic heterocycles. The van der Waals surface area contributed by atoms with E-state index in [9.17, 15) is 14.4 Å². The van der Waals surface area contributed by atoms with Crippen LogP contribution in [-0.4, -0.2) is 53.3 Å². The summed E-state index contributed by atoms with van der Waals surface area (Å²) in [6.07, 6.45) is 2.74. The molecule has 1 aromatic carbocycles. The van der Waals surface area contributed by atoms with Gasteiger partial charge in [0, 0.05) is 43.7 Å². The van der Waals surface area contributed by atoms with Gasteiger partial charge in [0.25, 0.3) is 11.8 Å². The summed E-state index contributed by atoms with van der Waals surface area (Å²) in [4.78, 5) is 44.4. The minimum atomic E-state index is -0.325. The second-order valence-electron chi connectivity index (χ2n) is 6.37. The van der Waals surface area contributed by atoms with Crippen molar-refractivity contribution in [2.24, 2.45) is 0 Å². The van der Waals surface area contributed by atoms with Crippen LogP contribution in [0.3, 0.4) is 0 Å². The van der Waals surface area contributed by atoms with E-state index >= 15 is 0 Å². The Balaban J connectivity index is 1.29. The molecule has 1 aromatic heterocycles. The Hall–Kier alpha value is -2.74. The van der Waals surface area contributed by atoms with Crippen molar-refractivity contribution in [2.75, 3.05) is 24.5 Å². The van der Waals surface area contributed by atoms with E-state index in [1.54, 1.807) is 41.8 Å². The summed E-state index contributed by atoms with van der Waals surface area (Å²) < 4.78 is 0. The number of rotatable bonds is 5. The molecule has 1 fully saturated rings. The molecule has 3 heterocycles. The van der Waals surface area contributed by atoms with Crippen LogP contribution in [-0.2, 0) is 4.79 Å². The topological polar surface area (TPSA) is 82.6 Å². The molecule has 4 rings (SSSR count). The smallest absolute Gasteiger partial charge is 0.261 e. The molecule has 0 spiro atoms. The van der Waals surface area contributed by atoms with E-state index in [0.717, 1.165) is 29.5 Å². The van der Waals surface area contributed by atoms with Gasteiger partial charge in [-0.15, -0.1) is 11.3 Å². The molecule has 1 N–H and O–H groups in total. The zero-order valence-electron chi connectivity index (χ0n) is 14.1. The van der Waals surface area contributed by atoms with Gasteiger partial charge in [-0.25, -0.2) is 4.98 Å². The van der Waals surface area contributed by atoms with Crippen LogP contribution in [0, 0.1) is 0 Å².